The standard InChI is InChI=1S/C12H9NS/c14-8-2-3-10-5-6-11-4-1-7-13-12(11)9-10/h1,4-7,9,14H,8H2. The van der Waals surface area contributed by atoms with E-state index in [1.54, 1.807) is 6.20 Å². The molecule has 0 aliphatic carbocycles. The Morgan fingerprint density at radius 2 is 2.21 bits per heavy atom. The molecule has 68 valence electrons. The second kappa shape index (κ2) is 4.17. The second-order valence-corrected chi connectivity index (χ2v) is 3.19. The number of pyridine rings is 1. The van der Waals surface area contributed by atoms with E-state index in [2.05, 4.69) is 29.5 Å². The number of rotatable bonds is 0. The van der Waals surface area contributed by atoms with E-state index in [1.165, 1.54) is 0 Å². The maximum atomic E-state index is 4.26. The van der Waals surface area contributed by atoms with Gasteiger partial charge in [-0.15, -0.1) is 0 Å². The number of fused-ring (bicyclic) bond motifs is 1. The van der Waals surface area contributed by atoms with Crippen LogP contribution < -0.4 is 0 Å². The molecule has 1 aromatic heterocycles. The van der Waals surface area contributed by atoms with E-state index in [-0.39, 0.29) is 0 Å². The predicted molar refractivity (Wildman–Crippen MR) is 62.5 cm³/mol. The molecule has 2 heteroatoms. The quantitative estimate of drug-likeness (QED) is 0.508. The van der Waals surface area contributed by atoms with Gasteiger partial charge >= 0.3 is 0 Å². The van der Waals surface area contributed by atoms with Crippen molar-refractivity contribution in [1.29, 1.82) is 0 Å². The van der Waals surface area contributed by atoms with Gasteiger partial charge in [-0.1, -0.05) is 24.0 Å². The zero-order valence-corrected chi connectivity index (χ0v) is 8.46. The van der Waals surface area contributed by atoms with E-state index in [9.17, 15) is 0 Å². The van der Waals surface area contributed by atoms with Gasteiger partial charge in [0.25, 0.3) is 0 Å². The minimum atomic E-state index is 0.584. The van der Waals surface area contributed by atoms with Gasteiger partial charge in [0.05, 0.1) is 11.3 Å². The summed E-state index contributed by atoms with van der Waals surface area (Å²) in [5, 5.41) is 1.14. The van der Waals surface area contributed by atoms with Gasteiger partial charge in [-0.2, -0.15) is 12.6 Å². The zero-order valence-electron chi connectivity index (χ0n) is 7.57. The number of benzene rings is 1. The molecule has 2 rings (SSSR count). The summed E-state index contributed by atoms with van der Waals surface area (Å²) in [4.78, 5) is 4.26. The molecule has 0 bridgehead atoms. The van der Waals surface area contributed by atoms with Crippen LogP contribution in [-0.2, 0) is 0 Å². The van der Waals surface area contributed by atoms with E-state index in [0.717, 1.165) is 16.5 Å². The molecule has 0 unspecified atom stereocenters. The lowest BCUT2D eigenvalue weighted by atomic mass is 10.1. The number of thiol groups is 1. The molecule has 14 heavy (non-hydrogen) atoms. The van der Waals surface area contributed by atoms with Gasteiger partial charge in [-0.05, 0) is 18.2 Å². The van der Waals surface area contributed by atoms with E-state index < -0.39 is 0 Å². The first-order valence-electron chi connectivity index (χ1n) is 4.34. The molecule has 0 fully saturated rings. The van der Waals surface area contributed by atoms with E-state index in [4.69, 9.17) is 0 Å². The Labute approximate surface area is 88.6 Å². The highest BCUT2D eigenvalue weighted by Crippen LogP contribution is 2.12. The van der Waals surface area contributed by atoms with Crippen molar-refractivity contribution in [3.8, 4) is 11.8 Å². The molecule has 0 saturated carbocycles. The SMILES string of the molecule is SCC#Cc1ccc2cccnc2c1. The van der Waals surface area contributed by atoms with Crippen LogP contribution in [0, 0.1) is 11.8 Å². The molecular weight excluding hydrogens is 190 g/mol. The van der Waals surface area contributed by atoms with E-state index in [1.807, 2.05) is 30.3 Å². The summed E-state index contributed by atoms with van der Waals surface area (Å²) in [6.45, 7) is 0. The number of hydrogen-bond acceptors (Lipinski definition) is 2. The van der Waals surface area contributed by atoms with Crippen molar-refractivity contribution in [3.05, 3.63) is 42.1 Å². The Morgan fingerprint density at radius 3 is 3.07 bits per heavy atom. The summed E-state index contributed by atoms with van der Waals surface area (Å²) in [5.41, 5.74) is 1.98. The minimum absolute atomic E-state index is 0.584. The van der Waals surface area contributed by atoms with Crippen LogP contribution in [0.25, 0.3) is 10.9 Å². The van der Waals surface area contributed by atoms with Gasteiger partial charge in [0.1, 0.15) is 0 Å². The molecular formula is C12H9NS. The third kappa shape index (κ3) is 1.89. The van der Waals surface area contributed by atoms with Gasteiger partial charge in [0, 0.05) is 17.1 Å². The van der Waals surface area contributed by atoms with Crippen LogP contribution in [0.4, 0.5) is 0 Å². The molecule has 0 aliphatic rings. The Kier molecular flexibility index (Phi) is 2.71. The van der Waals surface area contributed by atoms with Crippen molar-refractivity contribution >= 4 is 23.5 Å². The van der Waals surface area contributed by atoms with Crippen LogP contribution in [0.2, 0.25) is 0 Å². The Hall–Kier alpha value is -1.46. The van der Waals surface area contributed by atoms with Crippen molar-refractivity contribution in [3.63, 3.8) is 0 Å². The molecule has 1 aromatic carbocycles. The summed E-state index contributed by atoms with van der Waals surface area (Å²) in [7, 11) is 0. The Morgan fingerprint density at radius 1 is 1.29 bits per heavy atom. The van der Waals surface area contributed by atoms with Crippen LogP contribution in [0.15, 0.2) is 36.5 Å². The Bertz CT molecular complexity index is 508. The van der Waals surface area contributed by atoms with Crippen molar-refractivity contribution in [2.45, 2.75) is 0 Å². The molecule has 2 aromatic rings. The van der Waals surface area contributed by atoms with Crippen LogP contribution >= 0.6 is 12.6 Å². The van der Waals surface area contributed by atoms with Crippen LogP contribution in [0.1, 0.15) is 5.56 Å². The zero-order chi connectivity index (χ0) is 9.80. The first kappa shape index (κ1) is 9.11. The minimum Gasteiger partial charge on any atom is -0.256 e. The predicted octanol–water partition coefficient (Wildman–Crippen LogP) is 2.52. The molecule has 0 amide bonds. The molecule has 1 nitrogen and oxygen atoms in total. The topological polar surface area (TPSA) is 12.9 Å². The molecule has 0 saturated heterocycles. The molecule has 0 N–H and O–H groups in total. The summed E-state index contributed by atoms with van der Waals surface area (Å²) in [6.07, 6.45) is 1.79. The normalized spacial score (nSPS) is 9.50. The fourth-order valence-corrected chi connectivity index (χ4v) is 1.36. The molecule has 0 radical (unpaired) electrons. The molecule has 0 atom stereocenters. The summed E-state index contributed by atoms with van der Waals surface area (Å²) in [6, 6.07) is 10.00. The average molecular weight is 199 g/mol. The van der Waals surface area contributed by atoms with Crippen LogP contribution in [0.5, 0.6) is 0 Å². The van der Waals surface area contributed by atoms with Crippen LogP contribution in [-0.4, -0.2) is 10.7 Å². The Balaban J connectivity index is 2.51. The average Bonchev–Trinajstić information content (AvgIpc) is 2.26. The summed E-state index contributed by atoms with van der Waals surface area (Å²) in [5.74, 6) is 6.52. The maximum absolute atomic E-state index is 4.26. The largest absolute Gasteiger partial charge is 0.256 e. The smallest absolute Gasteiger partial charge is 0.0714 e. The molecule has 0 spiro atoms. The third-order valence-corrected chi connectivity index (χ3v) is 2.08. The van der Waals surface area contributed by atoms with Gasteiger partial charge < -0.3 is 0 Å². The fraction of sp³-hybridized carbons (Fsp3) is 0.0833. The molecule has 0 aliphatic heterocycles. The highest BCUT2D eigenvalue weighted by molar-refractivity contribution is 7.80. The van der Waals surface area contributed by atoms with Gasteiger partial charge in [-0.25, -0.2) is 0 Å². The lowest BCUT2D eigenvalue weighted by Crippen LogP contribution is -1.79. The second-order valence-electron chi connectivity index (χ2n) is 2.87. The number of aromatic nitrogens is 1. The van der Waals surface area contributed by atoms with E-state index in [0.29, 0.717) is 5.75 Å². The van der Waals surface area contributed by atoms with Gasteiger partial charge in [-0.3, -0.25) is 4.98 Å². The lowest BCUT2D eigenvalue weighted by molar-refractivity contribution is 1.41. The number of hydrogen-bond donors (Lipinski definition) is 1. The summed E-state index contributed by atoms with van der Waals surface area (Å²) < 4.78 is 0. The van der Waals surface area contributed by atoms with Crippen molar-refractivity contribution in [2.75, 3.05) is 5.75 Å². The third-order valence-electron chi connectivity index (χ3n) is 1.92. The maximum Gasteiger partial charge on any atom is 0.0714 e. The lowest BCUT2D eigenvalue weighted by Gasteiger charge is -1.95. The van der Waals surface area contributed by atoms with Crippen molar-refractivity contribution < 1.29 is 0 Å². The van der Waals surface area contributed by atoms with Gasteiger partial charge in [0.2, 0.25) is 0 Å². The van der Waals surface area contributed by atoms with Crippen molar-refractivity contribution in [1.82, 2.24) is 4.98 Å². The number of nitrogens with zero attached hydrogens (tertiary/aromatic N) is 1. The van der Waals surface area contributed by atoms with Gasteiger partial charge in [0.15, 0.2) is 0 Å². The first-order valence-corrected chi connectivity index (χ1v) is 4.98. The molecule has 1 heterocycles. The highest BCUT2D eigenvalue weighted by atomic mass is 32.1. The monoisotopic (exact) mass is 199 g/mol. The summed E-state index contributed by atoms with van der Waals surface area (Å²) >= 11 is 4.04. The first-order chi connectivity index (χ1) is 6.90. The van der Waals surface area contributed by atoms with E-state index >= 15 is 0 Å². The highest BCUT2D eigenvalue weighted by Gasteiger charge is 1.93. The van der Waals surface area contributed by atoms with Crippen molar-refractivity contribution in [2.24, 2.45) is 0 Å². The van der Waals surface area contributed by atoms with Crippen LogP contribution in [0.3, 0.4) is 0 Å². The fourth-order valence-electron chi connectivity index (χ4n) is 1.29.